The van der Waals surface area contributed by atoms with Crippen molar-refractivity contribution in [2.24, 2.45) is 10.9 Å². The minimum absolute atomic E-state index is 0.168. The van der Waals surface area contributed by atoms with Crippen molar-refractivity contribution in [3.05, 3.63) is 23.6 Å². The minimum Gasteiger partial charge on any atom is -0.489 e. The maximum Gasteiger partial charge on any atom is 0.340 e. The van der Waals surface area contributed by atoms with Crippen molar-refractivity contribution in [1.82, 2.24) is 0 Å². The molecule has 1 rings (SSSR count). The van der Waals surface area contributed by atoms with Crippen molar-refractivity contribution in [1.29, 1.82) is 0 Å². The number of allylic oxidation sites excluding steroid dienone is 2. The molecule has 0 fully saturated rings. The van der Waals surface area contributed by atoms with Gasteiger partial charge in [0.1, 0.15) is 5.76 Å². The van der Waals surface area contributed by atoms with E-state index in [0.29, 0.717) is 5.71 Å². The van der Waals surface area contributed by atoms with Gasteiger partial charge in [-0.3, -0.25) is 4.99 Å². The Morgan fingerprint density at radius 1 is 1.39 bits per heavy atom. The van der Waals surface area contributed by atoms with Gasteiger partial charge in [-0.1, -0.05) is 12.5 Å². The van der Waals surface area contributed by atoms with E-state index in [4.69, 9.17) is 4.74 Å². The molecule has 0 bridgehead atoms. The predicted octanol–water partition coefficient (Wildman–Crippen LogP) is 3.80. The van der Waals surface area contributed by atoms with Crippen LogP contribution in [0, 0.1) is 5.92 Å². The first kappa shape index (κ1) is 14.7. The van der Waals surface area contributed by atoms with Gasteiger partial charge in [0.25, 0.3) is 0 Å². The standard InChI is InChI=1S/C12H15F4NO/c1-7-4-8(2)17-5-10(9(7)3)18-6-12(15,16)11(13)14/h4-5,9,11H,6H2,1-3H3/t9-/m1/s1. The molecule has 1 heterocycles. The SMILES string of the molecule is CC1=CC(C)=NC=C(OCC(F)(F)C(F)F)[C@@H]1C. The number of aliphatic imine (C=N–C) groups is 1. The van der Waals surface area contributed by atoms with Gasteiger partial charge in [-0.15, -0.1) is 0 Å². The topological polar surface area (TPSA) is 21.6 Å². The molecule has 0 spiro atoms. The van der Waals surface area contributed by atoms with Crippen LogP contribution in [0.1, 0.15) is 20.8 Å². The fourth-order valence-corrected chi connectivity index (χ4v) is 1.40. The highest BCUT2D eigenvalue weighted by molar-refractivity contribution is 5.94. The summed E-state index contributed by atoms with van der Waals surface area (Å²) in [4.78, 5) is 3.97. The van der Waals surface area contributed by atoms with Crippen LogP contribution in [0.3, 0.4) is 0 Å². The second-order valence-corrected chi connectivity index (χ2v) is 4.26. The van der Waals surface area contributed by atoms with Crippen LogP contribution in [-0.4, -0.2) is 24.7 Å². The summed E-state index contributed by atoms with van der Waals surface area (Å²) in [5.74, 6) is -4.25. The second kappa shape index (κ2) is 5.54. The Labute approximate surface area is 103 Å². The van der Waals surface area contributed by atoms with E-state index >= 15 is 0 Å². The third-order valence-electron chi connectivity index (χ3n) is 2.69. The number of halogens is 4. The zero-order chi connectivity index (χ0) is 13.9. The Hall–Kier alpha value is -1.33. The summed E-state index contributed by atoms with van der Waals surface area (Å²) in [5, 5.41) is 0. The molecule has 0 unspecified atom stereocenters. The maximum atomic E-state index is 12.8. The molecule has 0 radical (unpaired) electrons. The van der Waals surface area contributed by atoms with Crippen molar-refractivity contribution in [2.45, 2.75) is 33.1 Å². The summed E-state index contributed by atoms with van der Waals surface area (Å²) in [6, 6.07) is 0. The molecule has 1 aliphatic heterocycles. The normalized spacial score (nSPS) is 21.1. The molecule has 1 aliphatic rings. The van der Waals surface area contributed by atoms with Gasteiger partial charge in [0.2, 0.25) is 0 Å². The van der Waals surface area contributed by atoms with Gasteiger partial charge >= 0.3 is 12.3 Å². The lowest BCUT2D eigenvalue weighted by molar-refractivity contribution is -0.159. The minimum atomic E-state index is -4.15. The number of rotatable bonds is 4. The van der Waals surface area contributed by atoms with Gasteiger partial charge in [-0.2, -0.15) is 8.78 Å². The lowest BCUT2D eigenvalue weighted by Crippen LogP contribution is -2.32. The summed E-state index contributed by atoms with van der Waals surface area (Å²) in [6.45, 7) is 3.95. The van der Waals surface area contributed by atoms with Crippen LogP contribution in [0.25, 0.3) is 0 Å². The van der Waals surface area contributed by atoms with Gasteiger partial charge in [-0.05, 0) is 19.9 Å². The van der Waals surface area contributed by atoms with Crippen molar-refractivity contribution in [3.8, 4) is 0 Å². The number of hydrogen-bond donors (Lipinski definition) is 0. The fourth-order valence-electron chi connectivity index (χ4n) is 1.40. The number of hydrogen-bond acceptors (Lipinski definition) is 2. The Morgan fingerprint density at radius 2 is 2.00 bits per heavy atom. The van der Waals surface area contributed by atoms with E-state index in [1.54, 1.807) is 26.8 Å². The summed E-state index contributed by atoms with van der Waals surface area (Å²) >= 11 is 0. The molecular formula is C12H15F4NO. The Morgan fingerprint density at radius 3 is 2.56 bits per heavy atom. The fraction of sp³-hybridized carbons (Fsp3) is 0.583. The van der Waals surface area contributed by atoms with E-state index < -0.39 is 19.0 Å². The largest absolute Gasteiger partial charge is 0.489 e. The summed E-state index contributed by atoms with van der Waals surface area (Å²) in [5.41, 5.74) is 1.58. The van der Waals surface area contributed by atoms with Gasteiger partial charge in [0, 0.05) is 11.6 Å². The first-order chi connectivity index (χ1) is 8.24. The van der Waals surface area contributed by atoms with Crippen molar-refractivity contribution in [3.63, 3.8) is 0 Å². The van der Waals surface area contributed by atoms with E-state index in [-0.39, 0.29) is 11.7 Å². The van der Waals surface area contributed by atoms with Crippen LogP contribution < -0.4 is 0 Å². The zero-order valence-electron chi connectivity index (χ0n) is 10.4. The monoisotopic (exact) mass is 265 g/mol. The summed E-state index contributed by atoms with van der Waals surface area (Å²) < 4.78 is 54.3. The van der Waals surface area contributed by atoms with E-state index in [2.05, 4.69) is 4.99 Å². The number of alkyl halides is 4. The van der Waals surface area contributed by atoms with E-state index in [1.807, 2.05) is 0 Å². The smallest absolute Gasteiger partial charge is 0.340 e. The predicted molar refractivity (Wildman–Crippen MR) is 61.0 cm³/mol. The molecule has 102 valence electrons. The molecule has 1 atom stereocenters. The molecular weight excluding hydrogens is 250 g/mol. The Kier molecular flexibility index (Phi) is 4.53. The molecule has 18 heavy (non-hydrogen) atoms. The van der Waals surface area contributed by atoms with Crippen LogP contribution in [0.2, 0.25) is 0 Å². The molecule has 0 N–H and O–H groups in total. The highest BCUT2D eigenvalue weighted by Gasteiger charge is 2.42. The van der Waals surface area contributed by atoms with Gasteiger partial charge in [0.05, 0.1) is 6.20 Å². The van der Waals surface area contributed by atoms with Crippen LogP contribution in [0.15, 0.2) is 28.6 Å². The van der Waals surface area contributed by atoms with E-state index in [0.717, 1.165) is 5.57 Å². The molecule has 6 heteroatoms. The van der Waals surface area contributed by atoms with E-state index in [1.165, 1.54) is 6.20 Å². The van der Waals surface area contributed by atoms with Gasteiger partial charge in [0.15, 0.2) is 6.61 Å². The first-order valence-corrected chi connectivity index (χ1v) is 5.45. The molecule has 0 saturated heterocycles. The Balaban J connectivity index is 2.76. The summed E-state index contributed by atoms with van der Waals surface area (Å²) in [6.07, 6.45) is -0.641. The molecule has 0 saturated carbocycles. The first-order valence-electron chi connectivity index (χ1n) is 5.45. The molecule has 0 amide bonds. The van der Waals surface area contributed by atoms with Gasteiger partial charge < -0.3 is 4.74 Å². The van der Waals surface area contributed by atoms with Crippen LogP contribution in [-0.2, 0) is 4.74 Å². The average molecular weight is 265 g/mol. The average Bonchev–Trinajstić information content (AvgIpc) is 2.38. The molecule has 2 nitrogen and oxygen atoms in total. The van der Waals surface area contributed by atoms with Crippen LogP contribution in [0.4, 0.5) is 17.6 Å². The summed E-state index contributed by atoms with van der Waals surface area (Å²) in [7, 11) is 0. The third kappa shape index (κ3) is 3.58. The lowest BCUT2D eigenvalue weighted by atomic mass is 10.0. The van der Waals surface area contributed by atoms with Gasteiger partial charge in [-0.25, -0.2) is 8.78 Å². The number of nitrogens with zero attached hydrogens (tertiary/aromatic N) is 1. The van der Waals surface area contributed by atoms with Crippen molar-refractivity contribution < 1.29 is 22.3 Å². The second-order valence-electron chi connectivity index (χ2n) is 4.26. The molecule has 0 aromatic carbocycles. The highest BCUT2D eigenvalue weighted by Crippen LogP contribution is 2.28. The zero-order valence-corrected chi connectivity index (χ0v) is 10.4. The molecule has 0 aromatic heterocycles. The molecule has 0 aliphatic carbocycles. The third-order valence-corrected chi connectivity index (χ3v) is 2.69. The van der Waals surface area contributed by atoms with Crippen molar-refractivity contribution in [2.75, 3.05) is 6.61 Å². The van der Waals surface area contributed by atoms with Crippen LogP contribution in [0.5, 0.6) is 0 Å². The maximum absolute atomic E-state index is 12.8. The number of ether oxygens (including phenoxy) is 1. The van der Waals surface area contributed by atoms with E-state index in [9.17, 15) is 17.6 Å². The quantitative estimate of drug-likeness (QED) is 0.708. The van der Waals surface area contributed by atoms with Crippen LogP contribution >= 0.6 is 0 Å². The van der Waals surface area contributed by atoms with Crippen molar-refractivity contribution >= 4 is 5.71 Å². The molecule has 0 aromatic rings. The Bertz CT molecular complexity index is 399. The highest BCUT2D eigenvalue weighted by atomic mass is 19.3. The lowest BCUT2D eigenvalue weighted by Gasteiger charge is -2.20.